The minimum Gasteiger partial charge on any atom is -0.490 e. The van der Waals surface area contributed by atoms with Gasteiger partial charge in [0.05, 0.1) is 18.5 Å². The molecular weight excluding hydrogens is 449 g/mol. The van der Waals surface area contributed by atoms with Crippen molar-refractivity contribution < 1.29 is 23.5 Å². The molecule has 9 heteroatoms. The smallest absolute Gasteiger partial charge is 0.329 e. The van der Waals surface area contributed by atoms with Crippen molar-refractivity contribution in [2.24, 2.45) is 5.10 Å². The number of ether oxygens (including phenoxy) is 2. The van der Waals surface area contributed by atoms with Crippen LogP contribution in [0.1, 0.15) is 18.1 Å². The summed E-state index contributed by atoms with van der Waals surface area (Å²) in [5.74, 6) is -1.74. The van der Waals surface area contributed by atoms with E-state index in [0.29, 0.717) is 28.7 Å². The van der Waals surface area contributed by atoms with Gasteiger partial charge < -0.3 is 14.8 Å². The molecule has 33 heavy (non-hydrogen) atoms. The third-order valence-electron chi connectivity index (χ3n) is 4.32. The summed E-state index contributed by atoms with van der Waals surface area (Å²) >= 11 is 6.16. The average Bonchev–Trinajstić information content (AvgIpc) is 2.81. The number of nitrogens with one attached hydrogen (secondary N) is 2. The molecule has 170 valence electrons. The third kappa shape index (κ3) is 6.78. The maximum atomic E-state index is 13.6. The van der Waals surface area contributed by atoms with E-state index in [9.17, 15) is 14.0 Å². The molecule has 2 amide bonds. The number of rotatable bonds is 8. The number of halogens is 2. The molecule has 0 fully saturated rings. The first-order chi connectivity index (χ1) is 16.0. The van der Waals surface area contributed by atoms with Crippen molar-refractivity contribution in [3.05, 3.63) is 88.7 Å². The highest BCUT2D eigenvalue weighted by atomic mass is 35.5. The van der Waals surface area contributed by atoms with Crippen LogP contribution >= 0.6 is 11.6 Å². The second-order valence-electron chi connectivity index (χ2n) is 6.65. The summed E-state index contributed by atoms with van der Waals surface area (Å²) in [6.07, 6.45) is 1.34. The number of hydrazone groups is 1. The topological polar surface area (TPSA) is 89.0 Å². The number of para-hydroxylation sites is 1. The Kier molecular flexibility index (Phi) is 8.37. The Bertz CT molecular complexity index is 1170. The Morgan fingerprint density at radius 2 is 1.76 bits per heavy atom. The molecule has 0 aliphatic carbocycles. The van der Waals surface area contributed by atoms with Crippen molar-refractivity contribution in [2.75, 3.05) is 11.9 Å². The SMILES string of the molecule is CCOc1cc(/C=N/NC(=O)C(=O)Nc2ccccc2F)ccc1OCc1ccccc1Cl. The van der Waals surface area contributed by atoms with Crippen LogP contribution in [-0.2, 0) is 16.2 Å². The molecule has 7 nitrogen and oxygen atoms in total. The first-order valence-electron chi connectivity index (χ1n) is 10.00. The van der Waals surface area contributed by atoms with Gasteiger partial charge in [-0.05, 0) is 48.9 Å². The van der Waals surface area contributed by atoms with E-state index >= 15 is 0 Å². The number of nitrogens with zero attached hydrogens (tertiary/aromatic N) is 1. The van der Waals surface area contributed by atoms with Gasteiger partial charge in [-0.2, -0.15) is 5.10 Å². The van der Waals surface area contributed by atoms with Gasteiger partial charge in [0, 0.05) is 10.6 Å². The number of benzene rings is 3. The number of carbonyl (C=O) groups excluding carboxylic acids is 2. The molecular formula is C24H21ClFN3O4. The zero-order valence-electron chi connectivity index (χ0n) is 17.7. The van der Waals surface area contributed by atoms with Crippen molar-refractivity contribution in [1.29, 1.82) is 0 Å². The van der Waals surface area contributed by atoms with Gasteiger partial charge in [0.15, 0.2) is 11.5 Å². The quantitative estimate of drug-likeness (QED) is 0.288. The lowest BCUT2D eigenvalue weighted by Gasteiger charge is -2.13. The summed E-state index contributed by atoms with van der Waals surface area (Å²) in [6.45, 7) is 2.52. The Morgan fingerprint density at radius 1 is 1.00 bits per heavy atom. The summed E-state index contributed by atoms with van der Waals surface area (Å²) < 4.78 is 25.1. The molecule has 3 rings (SSSR count). The van der Waals surface area contributed by atoms with Crippen molar-refractivity contribution >= 4 is 35.3 Å². The summed E-state index contributed by atoms with van der Waals surface area (Å²) in [6, 6.07) is 18.0. The average molecular weight is 470 g/mol. The van der Waals surface area contributed by atoms with Gasteiger partial charge in [-0.3, -0.25) is 9.59 Å². The Labute approximate surface area is 195 Å². The van der Waals surface area contributed by atoms with Crippen LogP contribution in [0.5, 0.6) is 11.5 Å². The molecule has 0 saturated heterocycles. The summed E-state index contributed by atoms with van der Waals surface area (Å²) in [5.41, 5.74) is 3.43. The van der Waals surface area contributed by atoms with Crippen LogP contribution in [0.25, 0.3) is 0 Å². The molecule has 3 aromatic carbocycles. The van der Waals surface area contributed by atoms with Crippen molar-refractivity contribution in [1.82, 2.24) is 5.43 Å². The highest BCUT2D eigenvalue weighted by Crippen LogP contribution is 2.29. The number of hydrogen-bond acceptors (Lipinski definition) is 5. The Balaban J connectivity index is 1.61. The van der Waals surface area contributed by atoms with Crippen molar-refractivity contribution in [2.45, 2.75) is 13.5 Å². The fourth-order valence-electron chi connectivity index (χ4n) is 2.72. The molecule has 2 N–H and O–H groups in total. The fourth-order valence-corrected chi connectivity index (χ4v) is 2.91. The van der Waals surface area contributed by atoms with Crippen LogP contribution in [0.4, 0.5) is 10.1 Å². The van der Waals surface area contributed by atoms with E-state index in [1.165, 1.54) is 30.5 Å². The molecule has 0 saturated carbocycles. The maximum Gasteiger partial charge on any atom is 0.329 e. The molecule has 0 atom stereocenters. The molecule has 0 aliphatic heterocycles. The third-order valence-corrected chi connectivity index (χ3v) is 4.69. The number of hydrogen-bond donors (Lipinski definition) is 2. The van der Waals surface area contributed by atoms with Gasteiger partial charge in [0.25, 0.3) is 0 Å². The maximum absolute atomic E-state index is 13.6. The van der Waals surface area contributed by atoms with E-state index in [1.54, 1.807) is 24.3 Å². The highest BCUT2D eigenvalue weighted by Gasteiger charge is 2.14. The van der Waals surface area contributed by atoms with Crippen LogP contribution in [0.15, 0.2) is 71.8 Å². The first-order valence-corrected chi connectivity index (χ1v) is 10.4. The monoisotopic (exact) mass is 469 g/mol. The largest absolute Gasteiger partial charge is 0.490 e. The molecule has 3 aromatic rings. The number of amides is 2. The van der Waals surface area contributed by atoms with Crippen LogP contribution in [0.3, 0.4) is 0 Å². The van der Waals surface area contributed by atoms with Crippen molar-refractivity contribution in [3.63, 3.8) is 0 Å². The summed E-state index contributed by atoms with van der Waals surface area (Å²) in [7, 11) is 0. The van der Waals surface area contributed by atoms with Gasteiger partial charge in [0.1, 0.15) is 12.4 Å². The van der Waals surface area contributed by atoms with Crippen LogP contribution < -0.4 is 20.2 Å². The Morgan fingerprint density at radius 3 is 2.52 bits per heavy atom. The second kappa shape index (κ2) is 11.6. The normalized spacial score (nSPS) is 10.6. The van der Waals surface area contributed by atoms with Gasteiger partial charge in [0.2, 0.25) is 0 Å². The summed E-state index contributed by atoms with van der Waals surface area (Å²) in [5, 5.41) is 6.55. The van der Waals surface area contributed by atoms with Gasteiger partial charge in [-0.25, -0.2) is 9.82 Å². The lowest BCUT2D eigenvalue weighted by atomic mass is 10.2. The molecule has 0 spiro atoms. The van der Waals surface area contributed by atoms with Crippen LogP contribution in [0.2, 0.25) is 5.02 Å². The van der Waals surface area contributed by atoms with Crippen LogP contribution in [0, 0.1) is 5.82 Å². The lowest BCUT2D eigenvalue weighted by molar-refractivity contribution is -0.136. The minimum atomic E-state index is -1.05. The standard InChI is InChI=1S/C24H21ClFN3O4/c1-2-32-22-13-16(11-12-21(22)33-15-17-7-3-4-8-18(17)25)14-27-29-24(31)23(30)28-20-10-6-5-9-19(20)26/h3-14H,2,15H2,1H3,(H,28,30)(H,29,31)/b27-14+. The highest BCUT2D eigenvalue weighted by molar-refractivity contribution is 6.39. The first kappa shape index (κ1) is 23.7. The molecule has 0 unspecified atom stereocenters. The number of carbonyl (C=O) groups is 2. The fraction of sp³-hybridized carbons (Fsp3) is 0.125. The van der Waals surface area contributed by atoms with E-state index < -0.39 is 17.6 Å². The van der Waals surface area contributed by atoms with E-state index in [4.69, 9.17) is 21.1 Å². The molecule has 0 aromatic heterocycles. The van der Waals surface area contributed by atoms with E-state index in [0.717, 1.165) is 5.56 Å². The molecule has 0 heterocycles. The molecule has 0 radical (unpaired) electrons. The van der Waals surface area contributed by atoms with E-state index in [1.807, 2.05) is 25.1 Å². The van der Waals surface area contributed by atoms with Crippen molar-refractivity contribution in [3.8, 4) is 11.5 Å². The zero-order chi connectivity index (χ0) is 23.6. The Hall–Kier alpha value is -3.91. The van der Waals surface area contributed by atoms with E-state index in [-0.39, 0.29) is 12.3 Å². The predicted octanol–water partition coefficient (Wildman–Crippen LogP) is 4.55. The van der Waals surface area contributed by atoms with Gasteiger partial charge in [-0.15, -0.1) is 0 Å². The lowest BCUT2D eigenvalue weighted by Crippen LogP contribution is -2.32. The predicted molar refractivity (Wildman–Crippen MR) is 124 cm³/mol. The van der Waals surface area contributed by atoms with Crippen LogP contribution in [-0.4, -0.2) is 24.6 Å². The molecule has 0 aliphatic rings. The van der Waals surface area contributed by atoms with Gasteiger partial charge in [-0.1, -0.05) is 41.9 Å². The van der Waals surface area contributed by atoms with Gasteiger partial charge >= 0.3 is 11.8 Å². The molecule has 0 bridgehead atoms. The van der Waals surface area contributed by atoms with E-state index in [2.05, 4.69) is 15.8 Å². The number of anilines is 1. The minimum absolute atomic E-state index is 0.102. The summed E-state index contributed by atoms with van der Waals surface area (Å²) in [4.78, 5) is 23.8. The second-order valence-corrected chi connectivity index (χ2v) is 7.06. The zero-order valence-corrected chi connectivity index (χ0v) is 18.4.